The predicted octanol–water partition coefficient (Wildman–Crippen LogP) is 1.76. The van der Waals surface area contributed by atoms with Gasteiger partial charge in [-0.05, 0) is 40.5 Å². The maximum atomic E-state index is 11.9. The molecule has 2 amide bonds. The molecule has 0 unspecified atom stereocenters. The molecule has 7 nitrogen and oxygen atoms in total. The molecular weight excluding hydrogens is 332 g/mol. The van der Waals surface area contributed by atoms with Gasteiger partial charge in [0.2, 0.25) is 0 Å². The molecule has 0 bridgehead atoms. The third-order valence-corrected chi connectivity index (χ3v) is 2.96. The maximum absolute atomic E-state index is 11.9. The average Bonchev–Trinajstić information content (AvgIpc) is 2.30. The van der Waals surface area contributed by atoms with E-state index in [1.165, 1.54) is 0 Å². The summed E-state index contributed by atoms with van der Waals surface area (Å²) in [5, 5.41) is 19.8. The van der Waals surface area contributed by atoms with Gasteiger partial charge in [-0.2, -0.15) is 0 Å². The Hall–Kier alpha value is -2.09. The van der Waals surface area contributed by atoms with Crippen LogP contribution in [0.4, 0.5) is 10.5 Å². The number of benzene rings is 1. The van der Waals surface area contributed by atoms with Crippen molar-refractivity contribution in [3.63, 3.8) is 0 Å². The molecule has 0 aliphatic carbocycles. The standard InChI is InChI=1S/C12H13BrN2O5/c1-7-2-3-9(8(13)4-7)14-12(20)15(5-10(16)17)6-11(18)19/h2-4H,5-6H2,1H3,(H,14,20)(H,16,17)(H,18,19). The summed E-state index contributed by atoms with van der Waals surface area (Å²) in [7, 11) is 0. The summed E-state index contributed by atoms with van der Waals surface area (Å²) >= 11 is 3.26. The van der Waals surface area contributed by atoms with Gasteiger partial charge in [0.15, 0.2) is 0 Å². The second kappa shape index (κ2) is 6.90. The Balaban J connectivity index is 2.84. The third kappa shape index (κ3) is 4.88. The fourth-order valence-corrected chi connectivity index (χ4v) is 2.03. The Morgan fingerprint density at radius 2 is 1.75 bits per heavy atom. The monoisotopic (exact) mass is 344 g/mol. The highest BCUT2D eigenvalue weighted by molar-refractivity contribution is 9.10. The van der Waals surface area contributed by atoms with Crippen LogP contribution in [0.15, 0.2) is 22.7 Å². The zero-order chi connectivity index (χ0) is 15.3. The van der Waals surface area contributed by atoms with Crippen LogP contribution in [0, 0.1) is 6.92 Å². The molecule has 0 radical (unpaired) electrons. The van der Waals surface area contributed by atoms with E-state index in [0.717, 1.165) is 5.56 Å². The SMILES string of the molecule is Cc1ccc(NC(=O)N(CC(=O)O)CC(=O)O)c(Br)c1. The first-order chi connectivity index (χ1) is 9.29. The quantitative estimate of drug-likeness (QED) is 0.754. The number of carboxylic acid groups (broad SMARTS) is 2. The number of urea groups is 1. The summed E-state index contributed by atoms with van der Waals surface area (Å²) in [5.74, 6) is -2.58. The number of nitrogens with one attached hydrogen (secondary N) is 1. The van der Waals surface area contributed by atoms with Crippen molar-refractivity contribution >= 4 is 39.6 Å². The van der Waals surface area contributed by atoms with Gasteiger partial charge in [-0.1, -0.05) is 6.07 Å². The van der Waals surface area contributed by atoms with Crippen LogP contribution in [0.3, 0.4) is 0 Å². The zero-order valence-electron chi connectivity index (χ0n) is 10.6. The molecular formula is C12H13BrN2O5. The number of hydrogen-bond acceptors (Lipinski definition) is 3. The average molecular weight is 345 g/mol. The molecule has 1 aromatic carbocycles. The van der Waals surface area contributed by atoms with Crippen LogP contribution >= 0.6 is 15.9 Å². The van der Waals surface area contributed by atoms with Gasteiger partial charge in [0.1, 0.15) is 13.1 Å². The van der Waals surface area contributed by atoms with Gasteiger partial charge in [0.25, 0.3) is 0 Å². The van der Waals surface area contributed by atoms with E-state index in [2.05, 4.69) is 21.2 Å². The minimum atomic E-state index is -1.29. The molecule has 20 heavy (non-hydrogen) atoms. The van der Waals surface area contributed by atoms with Crippen LogP contribution in [-0.2, 0) is 9.59 Å². The van der Waals surface area contributed by atoms with Crippen LogP contribution in [0.25, 0.3) is 0 Å². The second-order valence-corrected chi connectivity index (χ2v) is 4.91. The topological polar surface area (TPSA) is 107 Å². The van der Waals surface area contributed by atoms with Crippen LogP contribution in [0.5, 0.6) is 0 Å². The van der Waals surface area contributed by atoms with Gasteiger partial charge in [0.05, 0.1) is 5.69 Å². The number of amides is 2. The lowest BCUT2D eigenvalue weighted by Gasteiger charge is -2.19. The number of aryl methyl sites for hydroxylation is 1. The summed E-state index contributed by atoms with van der Waals surface area (Å²) in [4.78, 5) is 33.9. The molecule has 108 valence electrons. The van der Waals surface area contributed by atoms with Gasteiger partial charge in [-0.3, -0.25) is 9.59 Å². The van der Waals surface area contributed by atoms with E-state index in [-0.39, 0.29) is 0 Å². The lowest BCUT2D eigenvalue weighted by molar-refractivity contribution is -0.140. The lowest BCUT2D eigenvalue weighted by atomic mass is 10.2. The molecule has 1 aromatic rings. The molecule has 0 heterocycles. The fraction of sp³-hybridized carbons (Fsp3) is 0.250. The summed E-state index contributed by atoms with van der Waals surface area (Å²) in [6.45, 7) is 0.487. The van der Waals surface area contributed by atoms with Crippen molar-refractivity contribution in [1.82, 2.24) is 4.90 Å². The minimum absolute atomic E-state index is 0.432. The Morgan fingerprint density at radius 1 is 1.20 bits per heavy atom. The summed E-state index contributed by atoms with van der Waals surface area (Å²) in [6, 6.07) is 4.38. The molecule has 3 N–H and O–H groups in total. The van der Waals surface area contributed by atoms with Crippen molar-refractivity contribution in [2.75, 3.05) is 18.4 Å². The first-order valence-corrected chi connectivity index (χ1v) is 6.34. The second-order valence-electron chi connectivity index (χ2n) is 4.06. The van der Waals surface area contributed by atoms with E-state index in [1.54, 1.807) is 18.2 Å². The number of carboxylic acids is 2. The number of aliphatic carboxylic acids is 2. The number of halogens is 1. The highest BCUT2D eigenvalue weighted by Crippen LogP contribution is 2.23. The number of carbonyl (C=O) groups excluding carboxylic acids is 1. The highest BCUT2D eigenvalue weighted by Gasteiger charge is 2.20. The van der Waals surface area contributed by atoms with Crippen molar-refractivity contribution in [3.05, 3.63) is 28.2 Å². The van der Waals surface area contributed by atoms with Crippen LogP contribution in [-0.4, -0.2) is 46.2 Å². The van der Waals surface area contributed by atoms with E-state index in [0.29, 0.717) is 15.1 Å². The van der Waals surface area contributed by atoms with Gasteiger partial charge in [-0.25, -0.2) is 4.79 Å². The van der Waals surface area contributed by atoms with Gasteiger partial charge < -0.3 is 20.4 Å². The number of rotatable bonds is 5. The number of hydrogen-bond donors (Lipinski definition) is 3. The van der Waals surface area contributed by atoms with E-state index in [4.69, 9.17) is 10.2 Å². The molecule has 1 rings (SSSR count). The molecule has 0 aliphatic heterocycles. The van der Waals surface area contributed by atoms with E-state index >= 15 is 0 Å². The number of nitrogens with zero attached hydrogens (tertiary/aromatic N) is 1. The molecule has 0 fully saturated rings. The Kier molecular flexibility index (Phi) is 5.51. The van der Waals surface area contributed by atoms with Crippen LogP contribution < -0.4 is 5.32 Å². The van der Waals surface area contributed by atoms with Crippen molar-refractivity contribution in [2.45, 2.75) is 6.92 Å². The zero-order valence-corrected chi connectivity index (χ0v) is 12.2. The maximum Gasteiger partial charge on any atom is 0.323 e. The molecule has 0 saturated carbocycles. The van der Waals surface area contributed by atoms with Gasteiger partial charge in [0, 0.05) is 4.47 Å². The van der Waals surface area contributed by atoms with E-state index in [9.17, 15) is 14.4 Å². The molecule has 0 aliphatic rings. The molecule has 0 aromatic heterocycles. The fourth-order valence-electron chi connectivity index (χ4n) is 1.44. The predicted molar refractivity (Wildman–Crippen MR) is 74.7 cm³/mol. The minimum Gasteiger partial charge on any atom is -0.480 e. The van der Waals surface area contributed by atoms with Crippen molar-refractivity contribution in [1.29, 1.82) is 0 Å². The molecule has 0 saturated heterocycles. The lowest BCUT2D eigenvalue weighted by Crippen LogP contribution is -2.42. The molecule has 8 heteroatoms. The first kappa shape index (κ1) is 16.0. The highest BCUT2D eigenvalue weighted by atomic mass is 79.9. The number of carbonyl (C=O) groups is 3. The van der Waals surface area contributed by atoms with Crippen molar-refractivity contribution < 1.29 is 24.6 Å². The van der Waals surface area contributed by atoms with E-state index in [1.807, 2.05) is 6.92 Å². The van der Waals surface area contributed by atoms with Crippen LogP contribution in [0.2, 0.25) is 0 Å². The van der Waals surface area contributed by atoms with Crippen molar-refractivity contribution in [3.8, 4) is 0 Å². The normalized spacial score (nSPS) is 9.90. The largest absolute Gasteiger partial charge is 0.480 e. The third-order valence-electron chi connectivity index (χ3n) is 2.31. The van der Waals surface area contributed by atoms with Crippen LogP contribution in [0.1, 0.15) is 5.56 Å². The van der Waals surface area contributed by atoms with Crippen molar-refractivity contribution in [2.24, 2.45) is 0 Å². The van der Waals surface area contributed by atoms with E-state index < -0.39 is 31.1 Å². The molecule has 0 spiro atoms. The first-order valence-electron chi connectivity index (χ1n) is 5.55. The summed E-state index contributed by atoms with van der Waals surface area (Å²) in [5.41, 5.74) is 1.41. The summed E-state index contributed by atoms with van der Waals surface area (Å²) < 4.78 is 0.622. The Bertz CT molecular complexity index is 531. The Labute approximate surface area is 123 Å². The number of anilines is 1. The smallest absolute Gasteiger partial charge is 0.323 e. The molecule has 0 atom stereocenters. The van der Waals surface area contributed by atoms with Gasteiger partial charge in [-0.15, -0.1) is 0 Å². The Morgan fingerprint density at radius 3 is 2.20 bits per heavy atom. The summed E-state index contributed by atoms with van der Waals surface area (Å²) in [6.07, 6.45) is 0. The van der Waals surface area contributed by atoms with Gasteiger partial charge >= 0.3 is 18.0 Å².